The minimum atomic E-state index is -0.792. The average Bonchev–Trinajstić information content (AvgIpc) is 3.18. The van der Waals surface area contributed by atoms with Gasteiger partial charge in [0.05, 0.1) is 17.1 Å². The summed E-state index contributed by atoms with van der Waals surface area (Å²) in [7, 11) is 0. The molecule has 4 rings (SSSR count). The molecule has 2 amide bonds. The van der Waals surface area contributed by atoms with E-state index in [-0.39, 0.29) is 18.2 Å². The highest BCUT2D eigenvalue weighted by molar-refractivity contribution is 6.35. The van der Waals surface area contributed by atoms with Gasteiger partial charge in [0.15, 0.2) is 5.82 Å². The molecule has 2 heterocycles. The number of hydrogen-bond acceptors (Lipinski definition) is 4. The molecule has 2 aromatic carbocycles. The van der Waals surface area contributed by atoms with Crippen LogP contribution >= 0.6 is 23.2 Å². The van der Waals surface area contributed by atoms with Crippen LogP contribution in [0.2, 0.25) is 10.0 Å². The zero-order valence-corrected chi connectivity index (χ0v) is 16.3. The molecule has 0 fully saturated rings. The van der Waals surface area contributed by atoms with E-state index in [0.717, 1.165) is 11.1 Å². The maximum absolute atomic E-state index is 12.4. The van der Waals surface area contributed by atoms with Crippen LogP contribution in [0.4, 0.5) is 11.6 Å². The van der Waals surface area contributed by atoms with Crippen LogP contribution in [0.25, 0.3) is 11.4 Å². The largest absolute Gasteiger partial charge is 0.325 e. The number of carbonyl (C=O) groups excluding carboxylic acids is 2. The van der Waals surface area contributed by atoms with Crippen molar-refractivity contribution in [2.45, 2.75) is 19.4 Å². The van der Waals surface area contributed by atoms with Crippen LogP contribution in [0.15, 0.2) is 42.5 Å². The van der Waals surface area contributed by atoms with Crippen molar-refractivity contribution in [3.63, 3.8) is 0 Å². The van der Waals surface area contributed by atoms with Gasteiger partial charge in [0, 0.05) is 10.6 Å². The van der Waals surface area contributed by atoms with Crippen LogP contribution in [0.3, 0.4) is 0 Å². The van der Waals surface area contributed by atoms with Gasteiger partial charge in [-0.05, 0) is 25.1 Å². The number of aryl methyl sites for hydroxylation is 1. The van der Waals surface area contributed by atoms with Gasteiger partial charge in [0.2, 0.25) is 11.9 Å². The summed E-state index contributed by atoms with van der Waals surface area (Å²) in [6.07, 6.45) is -0.113. The number of hydrogen-bond donors (Lipinski definition) is 2. The van der Waals surface area contributed by atoms with Crippen molar-refractivity contribution in [1.82, 2.24) is 14.8 Å². The van der Waals surface area contributed by atoms with Crippen molar-refractivity contribution in [3.8, 4) is 11.4 Å². The normalized spacial score (nSPS) is 15.2. The number of benzene rings is 2. The van der Waals surface area contributed by atoms with E-state index in [0.29, 0.717) is 27.5 Å². The lowest BCUT2D eigenvalue weighted by atomic mass is 10.1. The fourth-order valence-electron chi connectivity index (χ4n) is 2.90. The molecule has 3 aromatic rings. The Bertz CT molecular complexity index is 1080. The van der Waals surface area contributed by atoms with E-state index in [4.69, 9.17) is 23.2 Å². The first-order chi connectivity index (χ1) is 13.4. The Kier molecular flexibility index (Phi) is 4.78. The van der Waals surface area contributed by atoms with E-state index >= 15 is 0 Å². The Hall–Kier alpha value is -2.90. The van der Waals surface area contributed by atoms with Crippen LogP contribution in [0, 0.1) is 6.92 Å². The zero-order valence-electron chi connectivity index (χ0n) is 14.7. The van der Waals surface area contributed by atoms with Crippen LogP contribution < -0.4 is 10.6 Å². The molecule has 1 atom stereocenters. The molecule has 0 saturated heterocycles. The van der Waals surface area contributed by atoms with Crippen molar-refractivity contribution in [3.05, 3.63) is 58.1 Å². The van der Waals surface area contributed by atoms with Crippen molar-refractivity contribution in [1.29, 1.82) is 0 Å². The second-order valence-electron chi connectivity index (χ2n) is 6.45. The van der Waals surface area contributed by atoms with Gasteiger partial charge in [-0.2, -0.15) is 4.98 Å². The quantitative estimate of drug-likeness (QED) is 0.671. The number of nitrogens with one attached hydrogen (secondary N) is 2. The fourth-order valence-corrected chi connectivity index (χ4v) is 3.24. The van der Waals surface area contributed by atoms with Gasteiger partial charge in [-0.1, -0.05) is 53.0 Å². The Morgan fingerprint density at radius 1 is 1.21 bits per heavy atom. The molecule has 7 nitrogen and oxygen atoms in total. The highest BCUT2D eigenvalue weighted by Crippen LogP contribution is 2.30. The van der Waals surface area contributed by atoms with Gasteiger partial charge < -0.3 is 5.32 Å². The second kappa shape index (κ2) is 7.26. The molecule has 0 saturated carbocycles. The lowest BCUT2D eigenvalue weighted by Crippen LogP contribution is -2.23. The molecule has 0 aliphatic carbocycles. The highest BCUT2D eigenvalue weighted by atomic mass is 35.5. The topological polar surface area (TPSA) is 88.9 Å². The van der Waals surface area contributed by atoms with Crippen LogP contribution in [-0.4, -0.2) is 26.6 Å². The van der Waals surface area contributed by atoms with E-state index in [1.54, 1.807) is 18.2 Å². The zero-order chi connectivity index (χ0) is 19.8. The lowest BCUT2D eigenvalue weighted by molar-refractivity contribution is -0.123. The van der Waals surface area contributed by atoms with E-state index in [1.807, 2.05) is 31.2 Å². The molecular weight excluding hydrogens is 401 g/mol. The predicted octanol–water partition coefficient (Wildman–Crippen LogP) is 4.08. The summed E-state index contributed by atoms with van der Waals surface area (Å²) in [6, 6.07) is 11.7. The highest BCUT2D eigenvalue weighted by Gasteiger charge is 2.35. The van der Waals surface area contributed by atoms with Crippen molar-refractivity contribution < 1.29 is 9.59 Å². The third-order valence-corrected chi connectivity index (χ3v) is 4.92. The molecule has 2 N–H and O–H groups in total. The fraction of sp³-hybridized carbons (Fsp3) is 0.158. The molecule has 1 aliphatic heterocycles. The molecule has 0 radical (unpaired) electrons. The monoisotopic (exact) mass is 415 g/mol. The molecular formula is C19H15Cl2N5O2. The smallest absolute Gasteiger partial charge is 0.252 e. The molecule has 28 heavy (non-hydrogen) atoms. The molecule has 9 heteroatoms. The maximum Gasteiger partial charge on any atom is 0.252 e. The summed E-state index contributed by atoms with van der Waals surface area (Å²) in [5.41, 5.74) is 2.34. The standard InChI is InChI=1S/C19H15Cl2N5O2/c1-10-2-4-11(5-3-10)17-23-19-24-18(28)15(26(19)25-17)9-16(27)22-14-8-12(20)6-7-13(14)21/h2-8,15H,9H2,1H3,(H,22,27)(H,23,24,25,28)/t15-/m1/s1. The van der Waals surface area contributed by atoms with E-state index in [2.05, 4.69) is 20.7 Å². The van der Waals surface area contributed by atoms with Gasteiger partial charge in [-0.25, -0.2) is 4.68 Å². The number of fused-ring (bicyclic) bond motifs is 1. The van der Waals surface area contributed by atoms with Gasteiger partial charge in [0.25, 0.3) is 5.91 Å². The first kappa shape index (κ1) is 18.5. The summed E-state index contributed by atoms with van der Waals surface area (Å²) in [6.45, 7) is 1.99. The Labute approximate surface area is 170 Å². The Balaban J connectivity index is 1.53. The van der Waals surface area contributed by atoms with Gasteiger partial charge in [-0.15, -0.1) is 5.10 Å². The number of anilines is 2. The molecule has 1 aliphatic rings. The minimum Gasteiger partial charge on any atom is -0.325 e. The number of halogens is 2. The summed E-state index contributed by atoms with van der Waals surface area (Å²) < 4.78 is 1.44. The van der Waals surface area contributed by atoms with Crippen molar-refractivity contribution in [2.75, 3.05) is 10.6 Å². The van der Waals surface area contributed by atoms with E-state index in [1.165, 1.54) is 4.68 Å². The van der Waals surface area contributed by atoms with Crippen LogP contribution in [0.5, 0.6) is 0 Å². The minimum absolute atomic E-state index is 0.113. The average molecular weight is 416 g/mol. The molecule has 0 spiro atoms. The van der Waals surface area contributed by atoms with E-state index in [9.17, 15) is 9.59 Å². The first-order valence-corrected chi connectivity index (χ1v) is 9.25. The molecule has 1 aromatic heterocycles. The van der Waals surface area contributed by atoms with Crippen molar-refractivity contribution >= 4 is 46.7 Å². The van der Waals surface area contributed by atoms with Gasteiger partial charge in [0.1, 0.15) is 6.04 Å². The number of carbonyl (C=O) groups is 2. The Morgan fingerprint density at radius 2 is 1.96 bits per heavy atom. The summed E-state index contributed by atoms with van der Waals surface area (Å²) >= 11 is 12.0. The maximum atomic E-state index is 12.4. The van der Waals surface area contributed by atoms with Gasteiger partial charge >= 0.3 is 0 Å². The summed E-state index contributed by atoms with van der Waals surface area (Å²) in [4.78, 5) is 29.1. The lowest BCUT2D eigenvalue weighted by Gasteiger charge is -2.11. The van der Waals surface area contributed by atoms with E-state index < -0.39 is 6.04 Å². The van der Waals surface area contributed by atoms with Crippen LogP contribution in [-0.2, 0) is 9.59 Å². The SMILES string of the molecule is Cc1ccc(-c2nc3n(n2)[C@H](CC(=O)Nc2cc(Cl)ccc2Cl)C(=O)N3)cc1. The molecule has 0 unspecified atom stereocenters. The molecule has 0 bridgehead atoms. The summed E-state index contributed by atoms with van der Waals surface area (Å²) in [5, 5.41) is 10.6. The third kappa shape index (κ3) is 3.58. The first-order valence-electron chi connectivity index (χ1n) is 8.50. The Morgan fingerprint density at radius 3 is 2.71 bits per heavy atom. The number of rotatable bonds is 4. The van der Waals surface area contributed by atoms with Gasteiger partial charge in [-0.3, -0.25) is 14.9 Å². The third-order valence-electron chi connectivity index (χ3n) is 4.36. The second-order valence-corrected chi connectivity index (χ2v) is 7.29. The molecule has 142 valence electrons. The van der Waals surface area contributed by atoms with Crippen LogP contribution in [0.1, 0.15) is 18.0 Å². The number of amides is 2. The summed E-state index contributed by atoms with van der Waals surface area (Å²) in [5.74, 6) is 0.0832. The van der Waals surface area contributed by atoms with Crippen molar-refractivity contribution in [2.24, 2.45) is 0 Å². The predicted molar refractivity (Wildman–Crippen MR) is 108 cm³/mol. The number of aromatic nitrogens is 3. The number of nitrogens with zero attached hydrogens (tertiary/aromatic N) is 3.